The molecule has 21 heavy (non-hydrogen) atoms. The summed E-state index contributed by atoms with van der Waals surface area (Å²) in [5.41, 5.74) is 2.33. The van der Waals surface area contributed by atoms with E-state index in [0.29, 0.717) is 6.42 Å². The van der Waals surface area contributed by atoms with Crippen molar-refractivity contribution in [3.05, 3.63) is 70.2 Å². The van der Waals surface area contributed by atoms with Gasteiger partial charge in [0, 0.05) is 17.9 Å². The standard InChI is InChI=1S/C18H20BrNO/c1-14(15-8-4-3-5-9-15)20(2)18(21)13-12-16-10-6-7-11-17(16)19/h3-11,14H,12-13H2,1-2H3. The molecule has 0 aliphatic rings. The van der Waals surface area contributed by atoms with Crippen LogP contribution in [0.2, 0.25) is 0 Å². The van der Waals surface area contributed by atoms with Crippen LogP contribution in [0.15, 0.2) is 59.1 Å². The van der Waals surface area contributed by atoms with Crippen LogP contribution in [-0.4, -0.2) is 17.9 Å². The maximum absolute atomic E-state index is 12.4. The monoisotopic (exact) mass is 345 g/mol. The van der Waals surface area contributed by atoms with Crippen molar-refractivity contribution >= 4 is 21.8 Å². The van der Waals surface area contributed by atoms with Crippen molar-refractivity contribution in [2.75, 3.05) is 7.05 Å². The first-order valence-corrected chi connectivity index (χ1v) is 7.93. The second kappa shape index (κ2) is 7.41. The SMILES string of the molecule is CC(c1ccccc1)N(C)C(=O)CCc1ccccc1Br. The van der Waals surface area contributed by atoms with Crippen LogP contribution in [0.3, 0.4) is 0 Å². The molecule has 2 nitrogen and oxygen atoms in total. The smallest absolute Gasteiger partial charge is 0.223 e. The summed E-state index contributed by atoms with van der Waals surface area (Å²) in [6.45, 7) is 2.06. The molecular weight excluding hydrogens is 326 g/mol. The lowest BCUT2D eigenvalue weighted by Gasteiger charge is -2.25. The largest absolute Gasteiger partial charge is 0.339 e. The molecule has 0 heterocycles. The van der Waals surface area contributed by atoms with Crippen LogP contribution < -0.4 is 0 Å². The number of halogens is 1. The highest BCUT2D eigenvalue weighted by Gasteiger charge is 2.17. The molecule has 0 fully saturated rings. The lowest BCUT2D eigenvalue weighted by molar-refractivity contribution is -0.131. The van der Waals surface area contributed by atoms with Crippen LogP contribution in [0.1, 0.15) is 30.5 Å². The van der Waals surface area contributed by atoms with Crippen molar-refractivity contribution in [1.29, 1.82) is 0 Å². The van der Waals surface area contributed by atoms with Gasteiger partial charge in [0.25, 0.3) is 0 Å². The average Bonchev–Trinajstić information content (AvgIpc) is 2.53. The molecule has 0 saturated carbocycles. The summed E-state index contributed by atoms with van der Waals surface area (Å²) in [5.74, 6) is 0.169. The molecule has 0 aromatic heterocycles. The number of aryl methyl sites for hydroxylation is 1. The molecule has 1 unspecified atom stereocenters. The first-order chi connectivity index (χ1) is 10.1. The number of carbonyl (C=O) groups is 1. The number of nitrogens with zero attached hydrogens (tertiary/aromatic N) is 1. The summed E-state index contributed by atoms with van der Waals surface area (Å²) in [7, 11) is 1.88. The minimum absolute atomic E-state index is 0.0953. The summed E-state index contributed by atoms with van der Waals surface area (Å²) >= 11 is 3.52. The maximum atomic E-state index is 12.4. The highest BCUT2D eigenvalue weighted by molar-refractivity contribution is 9.10. The Hall–Kier alpha value is -1.61. The van der Waals surface area contributed by atoms with Gasteiger partial charge in [-0.05, 0) is 30.5 Å². The van der Waals surface area contributed by atoms with Gasteiger partial charge in [-0.1, -0.05) is 64.5 Å². The summed E-state index contributed by atoms with van der Waals surface area (Å²) in [6, 6.07) is 18.3. The zero-order valence-electron chi connectivity index (χ0n) is 12.4. The molecule has 0 N–H and O–H groups in total. The molecule has 2 aromatic rings. The molecule has 0 spiro atoms. The quantitative estimate of drug-likeness (QED) is 0.775. The molecule has 1 atom stereocenters. The van der Waals surface area contributed by atoms with Crippen molar-refractivity contribution in [1.82, 2.24) is 4.90 Å². The molecule has 2 rings (SSSR count). The van der Waals surface area contributed by atoms with Crippen molar-refractivity contribution in [3.63, 3.8) is 0 Å². The minimum atomic E-state index is 0.0953. The Bertz CT molecular complexity index is 597. The number of hydrogen-bond acceptors (Lipinski definition) is 1. The van der Waals surface area contributed by atoms with E-state index in [-0.39, 0.29) is 11.9 Å². The zero-order chi connectivity index (χ0) is 15.2. The number of rotatable bonds is 5. The fourth-order valence-corrected chi connectivity index (χ4v) is 2.77. The van der Waals surface area contributed by atoms with E-state index in [0.717, 1.165) is 16.5 Å². The van der Waals surface area contributed by atoms with Gasteiger partial charge in [-0.15, -0.1) is 0 Å². The van der Waals surface area contributed by atoms with Crippen molar-refractivity contribution in [3.8, 4) is 0 Å². The van der Waals surface area contributed by atoms with Gasteiger partial charge in [-0.2, -0.15) is 0 Å². The molecule has 1 amide bonds. The summed E-state index contributed by atoms with van der Waals surface area (Å²) in [5, 5.41) is 0. The van der Waals surface area contributed by atoms with Gasteiger partial charge in [-0.25, -0.2) is 0 Å². The average molecular weight is 346 g/mol. The van der Waals surface area contributed by atoms with Gasteiger partial charge in [-0.3, -0.25) is 4.79 Å². The van der Waals surface area contributed by atoms with Gasteiger partial charge in [0.1, 0.15) is 0 Å². The summed E-state index contributed by atoms with van der Waals surface area (Å²) in [6.07, 6.45) is 1.28. The predicted molar refractivity (Wildman–Crippen MR) is 90.1 cm³/mol. The number of carbonyl (C=O) groups excluding carboxylic acids is 1. The third-order valence-corrected chi connectivity index (χ3v) is 4.60. The molecule has 2 aromatic carbocycles. The van der Waals surface area contributed by atoms with E-state index in [2.05, 4.69) is 41.1 Å². The van der Waals surface area contributed by atoms with E-state index in [1.54, 1.807) is 0 Å². The number of hydrogen-bond donors (Lipinski definition) is 0. The maximum Gasteiger partial charge on any atom is 0.223 e. The molecule has 0 bridgehead atoms. The lowest BCUT2D eigenvalue weighted by atomic mass is 10.1. The third kappa shape index (κ3) is 4.18. The predicted octanol–water partition coefficient (Wildman–Crippen LogP) is 4.60. The van der Waals surface area contributed by atoms with E-state index in [1.807, 2.05) is 48.3 Å². The summed E-state index contributed by atoms with van der Waals surface area (Å²) < 4.78 is 1.07. The molecule has 0 aliphatic carbocycles. The van der Waals surface area contributed by atoms with E-state index in [4.69, 9.17) is 0 Å². The van der Waals surface area contributed by atoms with Crippen LogP contribution in [0.4, 0.5) is 0 Å². The normalized spacial score (nSPS) is 12.0. The van der Waals surface area contributed by atoms with Gasteiger partial charge >= 0.3 is 0 Å². The number of amides is 1. The first-order valence-electron chi connectivity index (χ1n) is 7.13. The van der Waals surface area contributed by atoms with E-state index >= 15 is 0 Å². The zero-order valence-corrected chi connectivity index (χ0v) is 14.0. The Balaban J connectivity index is 1.95. The van der Waals surface area contributed by atoms with Crippen LogP contribution in [0.25, 0.3) is 0 Å². The fourth-order valence-electron chi connectivity index (χ4n) is 2.29. The van der Waals surface area contributed by atoms with Gasteiger partial charge in [0.05, 0.1) is 6.04 Å². The lowest BCUT2D eigenvalue weighted by Crippen LogP contribution is -2.29. The highest BCUT2D eigenvalue weighted by atomic mass is 79.9. The van der Waals surface area contributed by atoms with E-state index in [1.165, 1.54) is 5.56 Å². The molecule has 0 aliphatic heterocycles. The topological polar surface area (TPSA) is 20.3 Å². The van der Waals surface area contributed by atoms with Crippen LogP contribution in [0, 0.1) is 0 Å². The van der Waals surface area contributed by atoms with Gasteiger partial charge in [0.2, 0.25) is 5.91 Å². The molecule has 110 valence electrons. The Labute approximate surface area is 134 Å². The Morgan fingerprint density at radius 1 is 1.10 bits per heavy atom. The van der Waals surface area contributed by atoms with E-state index in [9.17, 15) is 4.79 Å². The van der Waals surface area contributed by atoms with Crippen molar-refractivity contribution < 1.29 is 4.79 Å². The number of benzene rings is 2. The second-order valence-corrected chi connectivity index (χ2v) is 6.04. The Kier molecular flexibility index (Phi) is 5.57. The van der Waals surface area contributed by atoms with Crippen molar-refractivity contribution in [2.24, 2.45) is 0 Å². The van der Waals surface area contributed by atoms with E-state index < -0.39 is 0 Å². The van der Waals surface area contributed by atoms with Gasteiger partial charge in [0.15, 0.2) is 0 Å². The highest BCUT2D eigenvalue weighted by Crippen LogP contribution is 2.21. The molecular formula is C18H20BrNO. The fraction of sp³-hybridized carbons (Fsp3) is 0.278. The minimum Gasteiger partial charge on any atom is -0.339 e. The van der Waals surface area contributed by atoms with Crippen LogP contribution in [-0.2, 0) is 11.2 Å². The van der Waals surface area contributed by atoms with Crippen LogP contribution >= 0.6 is 15.9 Å². The second-order valence-electron chi connectivity index (χ2n) is 5.18. The van der Waals surface area contributed by atoms with Crippen LogP contribution in [0.5, 0.6) is 0 Å². The molecule has 0 saturated heterocycles. The molecule has 3 heteroatoms. The van der Waals surface area contributed by atoms with Gasteiger partial charge < -0.3 is 4.90 Å². The van der Waals surface area contributed by atoms with Crippen molar-refractivity contribution in [2.45, 2.75) is 25.8 Å². The Morgan fingerprint density at radius 3 is 2.38 bits per heavy atom. The molecule has 0 radical (unpaired) electrons. The third-order valence-electron chi connectivity index (χ3n) is 3.82. The summed E-state index contributed by atoms with van der Waals surface area (Å²) in [4.78, 5) is 14.2. The Morgan fingerprint density at radius 2 is 1.71 bits per heavy atom. The first kappa shape index (κ1) is 15.8.